The third kappa shape index (κ3) is 5.73. The van der Waals surface area contributed by atoms with Crippen molar-refractivity contribution in [2.75, 3.05) is 4.90 Å². The van der Waals surface area contributed by atoms with Crippen molar-refractivity contribution < 1.29 is 0 Å². The number of nitrogens with zero attached hydrogens (tertiary/aromatic N) is 4. The molecule has 2 heterocycles. The van der Waals surface area contributed by atoms with E-state index in [1.807, 2.05) is 30.3 Å². The maximum Gasteiger partial charge on any atom is 0.101 e. The predicted molar refractivity (Wildman–Crippen MR) is 238 cm³/mol. The van der Waals surface area contributed by atoms with Crippen LogP contribution in [0.25, 0.3) is 60.9 Å². The zero-order chi connectivity index (χ0) is 39.5. The average Bonchev–Trinajstić information content (AvgIpc) is 3.77. The molecule has 2 atom stereocenters. The van der Waals surface area contributed by atoms with Crippen LogP contribution in [-0.2, 0) is 0 Å². The third-order valence-corrected chi connectivity index (χ3v) is 11.9. The van der Waals surface area contributed by atoms with Crippen LogP contribution < -0.4 is 4.90 Å². The van der Waals surface area contributed by atoms with Gasteiger partial charge in [0.15, 0.2) is 0 Å². The normalized spacial score (nSPS) is 15.8. The minimum absolute atomic E-state index is 0.0269. The number of nitriles is 2. The number of aromatic nitrogens is 1. The van der Waals surface area contributed by atoms with Crippen LogP contribution in [-0.4, -0.2) is 10.6 Å². The predicted octanol–water partition coefficient (Wildman–Crippen LogP) is 13.7. The summed E-state index contributed by atoms with van der Waals surface area (Å²) in [5.74, 6) is 0.0559. The molecule has 4 heteroatoms. The minimum atomic E-state index is -0.0871. The Labute approximate surface area is 339 Å². The lowest BCUT2D eigenvalue weighted by Crippen LogP contribution is -2.31. The molecular weight excluding hydrogens is 705 g/mol. The van der Waals surface area contributed by atoms with Crippen molar-refractivity contribution in [3.8, 4) is 51.2 Å². The lowest BCUT2D eigenvalue weighted by molar-refractivity contribution is 0.507. The van der Waals surface area contributed by atoms with Gasteiger partial charge >= 0.3 is 0 Å². The molecule has 10 rings (SSSR count). The van der Waals surface area contributed by atoms with Gasteiger partial charge in [-0.15, -0.1) is 0 Å². The molecule has 1 aromatic heterocycles. The van der Waals surface area contributed by atoms with Crippen molar-refractivity contribution in [3.63, 3.8) is 0 Å². The van der Waals surface area contributed by atoms with Gasteiger partial charge in [-0.2, -0.15) is 10.5 Å². The molecule has 276 valence electrons. The van der Waals surface area contributed by atoms with Crippen molar-refractivity contribution in [1.82, 2.24) is 4.57 Å². The number of fused-ring (bicyclic) bond motifs is 6. The third-order valence-electron chi connectivity index (χ3n) is 11.9. The molecule has 2 unspecified atom stereocenters. The smallest absolute Gasteiger partial charge is 0.101 e. The highest BCUT2D eigenvalue weighted by atomic mass is 15.2. The van der Waals surface area contributed by atoms with Gasteiger partial charge in [0.1, 0.15) is 12.1 Å². The zero-order valence-corrected chi connectivity index (χ0v) is 32.7. The highest BCUT2D eigenvalue weighted by molar-refractivity contribution is 6.11. The van der Waals surface area contributed by atoms with Crippen molar-refractivity contribution in [2.45, 2.75) is 32.7 Å². The number of allylic oxidation sites excluding steroid dienone is 2. The van der Waals surface area contributed by atoms with E-state index in [1.54, 1.807) is 0 Å². The summed E-state index contributed by atoms with van der Waals surface area (Å²) >= 11 is 0. The molecule has 7 aromatic carbocycles. The van der Waals surface area contributed by atoms with Crippen LogP contribution in [0.5, 0.6) is 0 Å². The molecule has 0 saturated heterocycles. The number of para-hydroxylation sites is 1. The maximum atomic E-state index is 10.9. The average molecular weight is 745 g/mol. The monoisotopic (exact) mass is 744 g/mol. The standard InChI is InChI=1S/C54H40N4/c1-54(2,3)43-22-26-51-48(32-43)47-30-38(36-15-9-5-10-16-36)21-25-50(47)58(51)53-41(33-55)27-40(28-42(53)34-56)39-19-23-45-46-29-37(35-13-7-4-8-14-35)20-24-49(46)57(52(45)31-39)44-17-11-6-12-18-44/h4-32,48,51H,1-3H3. The van der Waals surface area contributed by atoms with E-state index in [2.05, 4.69) is 188 Å². The number of hydrogen-bond acceptors (Lipinski definition) is 3. The second-order valence-corrected chi connectivity index (χ2v) is 16.4. The first-order valence-corrected chi connectivity index (χ1v) is 19.9. The van der Waals surface area contributed by atoms with Crippen LogP contribution in [0.1, 0.15) is 43.4 Å². The van der Waals surface area contributed by atoms with Crippen LogP contribution in [0, 0.1) is 28.1 Å². The second kappa shape index (κ2) is 13.7. The Balaban J connectivity index is 1.13. The van der Waals surface area contributed by atoms with E-state index < -0.39 is 0 Å². The number of anilines is 2. The first-order valence-electron chi connectivity index (χ1n) is 19.9. The molecule has 1 aliphatic heterocycles. The fourth-order valence-electron chi connectivity index (χ4n) is 9.07. The van der Waals surface area contributed by atoms with E-state index >= 15 is 0 Å². The molecule has 0 spiro atoms. The summed E-state index contributed by atoms with van der Waals surface area (Å²) in [6, 6.07) is 60.1. The van der Waals surface area contributed by atoms with Crippen molar-refractivity contribution >= 4 is 33.2 Å². The first-order chi connectivity index (χ1) is 28.3. The zero-order valence-electron chi connectivity index (χ0n) is 32.7. The SMILES string of the molecule is CC(C)(C)C1=CC2c3cc(-c4ccccc4)ccc3N(c3c(C#N)cc(-c4ccc5c6cc(-c7ccccc7)ccc6n(-c6ccccc6)c5c4)cc3C#N)C2C=C1. The van der Waals surface area contributed by atoms with Gasteiger partial charge in [0.05, 0.1) is 33.9 Å². The summed E-state index contributed by atoms with van der Waals surface area (Å²) in [7, 11) is 0. The molecule has 0 N–H and O–H groups in total. The topological polar surface area (TPSA) is 55.8 Å². The second-order valence-electron chi connectivity index (χ2n) is 16.4. The van der Waals surface area contributed by atoms with Crippen LogP contribution in [0.3, 0.4) is 0 Å². The molecule has 0 fully saturated rings. The molecule has 0 radical (unpaired) electrons. The van der Waals surface area contributed by atoms with Crippen LogP contribution in [0.2, 0.25) is 0 Å². The van der Waals surface area contributed by atoms with E-state index in [4.69, 9.17) is 0 Å². The van der Waals surface area contributed by atoms with E-state index in [1.165, 1.54) is 22.1 Å². The van der Waals surface area contributed by atoms with Crippen molar-refractivity contribution in [3.05, 3.63) is 198 Å². The molecular formula is C54H40N4. The van der Waals surface area contributed by atoms with Crippen molar-refractivity contribution in [1.29, 1.82) is 10.5 Å². The van der Waals surface area contributed by atoms with Gasteiger partial charge in [-0.3, -0.25) is 0 Å². The lowest BCUT2D eigenvalue weighted by Gasteiger charge is -2.33. The van der Waals surface area contributed by atoms with Gasteiger partial charge in [0.25, 0.3) is 0 Å². The van der Waals surface area contributed by atoms with Crippen LogP contribution in [0.4, 0.5) is 11.4 Å². The quantitative estimate of drug-likeness (QED) is 0.176. The fraction of sp³-hybridized carbons (Fsp3) is 0.111. The van der Waals surface area contributed by atoms with E-state index in [0.29, 0.717) is 16.8 Å². The molecule has 0 bridgehead atoms. The summed E-state index contributed by atoms with van der Waals surface area (Å²) in [5, 5.41) is 24.1. The summed E-state index contributed by atoms with van der Waals surface area (Å²) < 4.78 is 2.31. The summed E-state index contributed by atoms with van der Waals surface area (Å²) in [5.41, 5.74) is 14.7. The Kier molecular flexibility index (Phi) is 8.26. The Bertz CT molecular complexity index is 3020. The molecule has 8 aromatic rings. The summed E-state index contributed by atoms with van der Waals surface area (Å²) in [4.78, 5) is 2.24. The highest BCUT2D eigenvalue weighted by Gasteiger charge is 2.41. The van der Waals surface area contributed by atoms with Gasteiger partial charge in [-0.05, 0) is 105 Å². The van der Waals surface area contributed by atoms with Gasteiger partial charge in [-0.1, -0.05) is 142 Å². The number of hydrogen-bond donors (Lipinski definition) is 0. The first kappa shape index (κ1) is 35.0. The van der Waals surface area contributed by atoms with Crippen LogP contribution >= 0.6 is 0 Å². The van der Waals surface area contributed by atoms with Gasteiger partial charge in [0.2, 0.25) is 0 Å². The fourth-order valence-corrected chi connectivity index (χ4v) is 9.07. The lowest BCUT2D eigenvalue weighted by atomic mass is 9.78. The van der Waals surface area contributed by atoms with Gasteiger partial charge in [-0.25, -0.2) is 0 Å². The number of benzene rings is 7. The van der Waals surface area contributed by atoms with E-state index in [9.17, 15) is 10.5 Å². The van der Waals surface area contributed by atoms with Crippen molar-refractivity contribution in [2.24, 2.45) is 5.41 Å². The Morgan fingerprint density at radius 2 is 1.12 bits per heavy atom. The largest absolute Gasteiger partial charge is 0.331 e. The molecule has 2 aliphatic rings. The van der Waals surface area contributed by atoms with E-state index in [-0.39, 0.29) is 17.4 Å². The Morgan fingerprint density at radius 1 is 0.534 bits per heavy atom. The molecule has 58 heavy (non-hydrogen) atoms. The molecule has 1 aliphatic carbocycles. The minimum Gasteiger partial charge on any atom is -0.331 e. The molecule has 0 saturated carbocycles. The van der Waals surface area contributed by atoms with Gasteiger partial charge < -0.3 is 9.47 Å². The highest BCUT2D eigenvalue weighted by Crippen LogP contribution is 2.52. The summed E-state index contributed by atoms with van der Waals surface area (Å²) in [6.07, 6.45) is 6.90. The number of rotatable bonds is 5. The van der Waals surface area contributed by atoms with E-state index in [0.717, 1.165) is 55.6 Å². The molecule has 4 nitrogen and oxygen atoms in total. The summed E-state index contributed by atoms with van der Waals surface area (Å²) in [6.45, 7) is 6.74. The Hall–Kier alpha value is -7.40. The van der Waals surface area contributed by atoms with Crippen LogP contribution in [0.15, 0.2) is 182 Å². The molecule has 0 amide bonds. The Morgan fingerprint density at radius 3 is 1.76 bits per heavy atom. The van der Waals surface area contributed by atoms with Gasteiger partial charge in [0, 0.05) is 28.1 Å². The maximum absolute atomic E-state index is 10.9.